The van der Waals surface area contributed by atoms with Crippen molar-refractivity contribution >= 4 is 0 Å². The molecule has 0 aliphatic carbocycles. The molecule has 0 radical (unpaired) electrons. The highest BCUT2D eigenvalue weighted by atomic mass is 17.3. The topological polar surface area (TPSA) is 18.5 Å². The maximum absolute atomic E-state index is 5.55. The van der Waals surface area contributed by atoms with Gasteiger partial charge in [0.2, 0.25) is 0 Å². The molecule has 1 unspecified atom stereocenters. The van der Waals surface area contributed by atoms with E-state index in [0.29, 0.717) is 0 Å². The van der Waals surface area contributed by atoms with Crippen LogP contribution in [0.15, 0.2) is 0 Å². The first kappa shape index (κ1) is 12.0. The number of hydrogen-bond donors (Lipinski definition) is 0. The van der Waals surface area contributed by atoms with Gasteiger partial charge in [0.25, 0.3) is 0 Å². The van der Waals surface area contributed by atoms with Crippen molar-refractivity contribution < 1.29 is 9.78 Å². The first-order valence-electron chi connectivity index (χ1n) is 5.51. The van der Waals surface area contributed by atoms with Crippen LogP contribution in [-0.2, 0) is 9.78 Å². The van der Waals surface area contributed by atoms with Crippen molar-refractivity contribution in [2.75, 3.05) is 0 Å². The second-order valence-electron chi connectivity index (χ2n) is 6.31. The van der Waals surface area contributed by atoms with E-state index in [-0.39, 0.29) is 22.5 Å². The molecule has 1 fully saturated rings. The Kier molecular flexibility index (Phi) is 2.75. The van der Waals surface area contributed by atoms with Gasteiger partial charge in [0.15, 0.2) is 0 Å². The summed E-state index contributed by atoms with van der Waals surface area (Å²) in [5, 5.41) is 0. The Morgan fingerprint density at radius 3 is 1.50 bits per heavy atom. The molecule has 84 valence electrons. The van der Waals surface area contributed by atoms with Gasteiger partial charge in [0.05, 0.1) is 0 Å². The van der Waals surface area contributed by atoms with Gasteiger partial charge in [-0.3, -0.25) is 0 Å². The molecule has 0 spiro atoms. The van der Waals surface area contributed by atoms with Crippen LogP contribution in [0.5, 0.6) is 0 Å². The van der Waals surface area contributed by atoms with Crippen LogP contribution in [0, 0.1) is 10.8 Å². The summed E-state index contributed by atoms with van der Waals surface area (Å²) >= 11 is 0. The summed E-state index contributed by atoms with van der Waals surface area (Å²) in [5.74, 6) is 0. The van der Waals surface area contributed by atoms with Gasteiger partial charge in [0.1, 0.15) is 11.7 Å². The first-order chi connectivity index (χ1) is 6.17. The first-order valence-corrected chi connectivity index (χ1v) is 5.51. The molecule has 0 N–H and O–H groups in total. The predicted molar refractivity (Wildman–Crippen MR) is 57.9 cm³/mol. The van der Waals surface area contributed by atoms with E-state index in [1.54, 1.807) is 0 Å². The second-order valence-corrected chi connectivity index (χ2v) is 6.31. The van der Waals surface area contributed by atoms with Gasteiger partial charge in [-0.2, -0.15) is 0 Å². The van der Waals surface area contributed by atoms with Crippen molar-refractivity contribution in [3.8, 4) is 0 Å². The molecule has 14 heavy (non-hydrogen) atoms. The van der Waals surface area contributed by atoms with Gasteiger partial charge in [-0.15, -0.1) is 0 Å². The Morgan fingerprint density at radius 2 is 1.43 bits per heavy atom. The Balaban J connectivity index is 3.05. The van der Waals surface area contributed by atoms with E-state index in [0.717, 1.165) is 6.42 Å². The minimum Gasteiger partial charge on any atom is -0.229 e. The third kappa shape index (κ3) is 1.40. The second kappa shape index (κ2) is 3.21. The maximum Gasteiger partial charge on any atom is 0.142 e. The molecule has 2 heteroatoms. The minimum atomic E-state index is -0.158. The molecule has 0 amide bonds. The number of rotatable bonds is 1. The van der Waals surface area contributed by atoms with Crippen molar-refractivity contribution in [2.24, 2.45) is 10.8 Å². The monoisotopic (exact) mass is 200 g/mol. The zero-order valence-corrected chi connectivity index (χ0v) is 10.6. The van der Waals surface area contributed by atoms with Crippen LogP contribution in [0.2, 0.25) is 0 Å². The standard InChI is InChI=1S/C12H24O2/c1-8-9-12(14-13-9,10(2,3)4)11(5,6)7/h9H,8H2,1-7H3. The van der Waals surface area contributed by atoms with Crippen LogP contribution in [0.4, 0.5) is 0 Å². The molecule has 2 nitrogen and oxygen atoms in total. The summed E-state index contributed by atoms with van der Waals surface area (Å²) in [6.45, 7) is 15.5. The van der Waals surface area contributed by atoms with Crippen molar-refractivity contribution in [1.82, 2.24) is 0 Å². The van der Waals surface area contributed by atoms with Crippen LogP contribution < -0.4 is 0 Å². The summed E-state index contributed by atoms with van der Waals surface area (Å²) in [4.78, 5) is 10.8. The van der Waals surface area contributed by atoms with Crippen LogP contribution in [0.3, 0.4) is 0 Å². The van der Waals surface area contributed by atoms with Crippen LogP contribution in [0.25, 0.3) is 0 Å². The molecule has 0 aromatic rings. The molecular formula is C12H24O2. The van der Waals surface area contributed by atoms with E-state index in [1.807, 2.05) is 0 Å². The molecular weight excluding hydrogens is 176 g/mol. The molecule has 0 bridgehead atoms. The molecule has 1 aliphatic rings. The lowest BCUT2D eigenvalue weighted by atomic mass is 9.58. The zero-order valence-electron chi connectivity index (χ0n) is 10.6. The Bertz CT molecular complexity index is 191. The summed E-state index contributed by atoms with van der Waals surface area (Å²) in [6.07, 6.45) is 1.23. The van der Waals surface area contributed by atoms with E-state index >= 15 is 0 Å². The normalized spacial score (nSPS) is 27.2. The Morgan fingerprint density at radius 1 is 1.00 bits per heavy atom. The van der Waals surface area contributed by atoms with Crippen LogP contribution in [0.1, 0.15) is 54.9 Å². The van der Waals surface area contributed by atoms with E-state index < -0.39 is 0 Å². The maximum atomic E-state index is 5.55. The molecule has 1 aliphatic heterocycles. The average Bonchev–Trinajstić information content (AvgIpc) is 1.77. The highest BCUT2D eigenvalue weighted by molar-refractivity contribution is 5.08. The summed E-state index contributed by atoms with van der Waals surface area (Å²) in [6, 6.07) is 0. The van der Waals surface area contributed by atoms with Crippen LogP contribution >= 0.6 is 0 Å². The molecule has 1 saturated heterocycles. The SMILES string of the molecule is CCC1OOC1(C(C)(C)C)C(C)(C)C. The zero-order chi connectivity index (χ0) is 11.2. The van der Waals surface area contributed by atoms with Gasteiger partial charge < -0.3 is 0 Å². The van der Waals surface area contributed by atoms with Crippen LogP contribution in [-0.4, -0.2) is 11.7 Å². The fourth-order valence-corrected chi connectivity index (χ4v) is 2.91. The Hall–Kier alpha value is -0.0800. The molecule has 1 rings (SSSR count). The third-order valence-electron chi connectivity index (χ3n) is 3.35. The van der Waals surface area contributed by atoms with Crippen molar-refractivity contribution in [2.45, 2.75) is 66.6 Å². The summed E-state index contributed by atoms with van der Waals surface area (Å²) < 4.78 is 0. The largest absolute Gasteiger partial charge is 0.229 e. The van der Waals surface area contributed by atoms with Gasteiger partial charge in [-0.25, -0.2) is 9.78 Å². The Labute approximate surface area is 87.9 Å². The lowest BCUT2D eigenvalue weighted by molar-refractivity contribution is -0.551. The summed E-state index contributed by atoms with van der Waals surface area (Å²) in [7, 11) is 0. The van der Waals surface area contributed by atoms with Gasteiger partial charge in [-0.1, -0.05) is 48.5 Å². The predicted octanol–water partition coefficient (Wildman–Crippen LogP) is 3.56. The summed E-state index contributed by atoms with van der Waals surface area (Å²) in [5.41, 5.74) is 0.0447. The quantitative estimate of drug-likeness (QED) is 0.603. The smallest absolute Gasteiger partial charge is 0.142 e. The highest BCUT2D eigenvalue weighted by Crippen LogP contribution is 2.55. The van der Waals surface area contributed by atoms with Gasteiger partial charge >= 0.3 is 0 Å². The highest BCUT2D eigenvalue weighted by Gasteiger charge is 2.64. The molecule has 1 atom stereocenters. The lowest BCUT2D eigenvalue weighted by Crippen LogP contribution is -2.70. The van der Waals surface area contributed by atoms with Gasteiger partial charge in [-0.05, 0) is 17.3 Å². The van der Waals surface area contributed by atoms with E-state index in [2.05, 4.69) is 48.5 Å². The van der Waals surface area contributed by atoms with Gasteiger partial charge in [0, 0.05) is 0 Å². The molecule has 0 aromatic carbocycles. The molecule has 0 saturated carbocycles. The fraction of sp³-hybridized carbons (Fsp3) is 1.00. The fourth-order valence-electron chi connectivity index (χ4n) is 2.91. The molecule has 0 aromatic heterocycles. The van der Waals surface area contributed by atoms with E-state index in [9.17, 15) is 0 Å². The number of hydrogen-bond acceptors (Lipinski definition) is 2. The van der Waals surface area contributed by atoms with Crippen molar-refractivity contribution in [3.05, 3.63) is 0 Å². The minimum absolute atomic E-state index is 0.101. The third-order valence-corrected chi connectivity index (χ3v) is 3.35. The van der Waals surface area contributed by atoms with Crippen molar-refractivity contribution in [1.29, 1.82) is 0 Å². The lowest BCUT2D eigenvalue weighted by Gasteiger charge is -2.60. The van der Waals surface area contributed by atoms with E-state index in [1.165, 1.54) is 0 Å². The van der Waals surface area contributed by atoms with Crippen molar-refractivity contribution in [3.63, 3.8) is 0 Å². The average molecular weight is 200 g/mol. The van der Waals surface area contributed by atoms with E-state index in [4.69, 9.17) is 9.78 Å². The molecule has 1 heterocycles.